The summed E-state index contributed by atoms with van der Waals surface area (Å²) in [7, 11) is 2.14. The summed E-state index contributed by atoms with van der Waals surface area (Å²) in [6.07, 6.45) is 2.15. The summed E-state index contributed by atoms with van der Waals surface area (Å²) < 4.78 is 22.5. The van der Waals surface area contributed by atoms with E-state index >= 15 is 0 Å². The number of rotatable bonds is 12. The van der Waals surface area contributed by atoms with E-state index in [0.29, 0.717) is 37.3 Å². The maximum Gasteiger partial charge on any atom is 0.258 e. The summed E-state index contributed by atoms with van der Waals surface area (Å²) >= 11 is 0. The fourth-order valence-electron chi connectivity index (χ4n) is 3.60. The molecular weight excluding hydrogens is 408 g/mol. The molecule has 1 aliphatic heterocycles. The first-order chi connectivity index (χ1) is 15.7. The van der Waals surface area contributed by atoms with Gasteiger partial charge >= 0.3 is 0 Å². The molecule has 0 bridgehead atoms. The van der Waals surface area contributed by atoms with Crippen LogP contribution in [0.1, 0.15) is 25.3 Å². The third kappa shape index (κ3) is 7.73. The van der Waals surface area contributed by atoms with Crippen LogP contribution in [0.4, 0.5) is 0 Å². The van der Waals surface area contributed by atoms with Gasteiger partial charge in [0.25, 0.3) is 5.91 Å². The number of hydrogen-bond donors (Lipinski definition) is 1. The number of para-hydroxylation sites is 2. The lowest BCUT2D eigenvalue weighted by atomic mass is 10.1. The third-order valence-electron chi connectivity index (χ3n) is 5.42. The van der Waals surface area contributed by atoms with Crippen LogP contribution in [0, 0.1) is 0 Å². The largest absolute Gasteiger partial charge is 0.492 e. The molecule has 7 nitrogen and oxygen atoms in total. The van der Waals surface area contributed by atoms with Crippen LogP contribution in [-0.4, -0.2) is 63.5 Å². The van der Waals surface area contributed by atoms with Crippen molar-refractivity contribution in [3.05, 3.63) is 54.1 Å². The van der Waals surface area contributed by atoms with Crippen molar-refractivity contribution in [2.45, 2.75) is 32.4 Å². The molecule has 1 heterocycles. The first-order valence-corrected chi connectivity index (χ1v) is 11.3. The van der Waals surface area contributed by atoms with Gasteiger partial charge in [0.05, 0.1) is 6.61 Å². The maximum atomic E-state index is 12.2. The van der Waals surface area contributed by atoms with Crippen molar-refractivity contribution >= 4 is 5.91 Å². The average Bonchev–Trinajstić information content (AvgIpc) is 2.83. The van der Waals surface area contributed by atoms with Gasteiger partial charge in [0.15, 0.2) is 18.1 Å². The van der Waals surface area contributed by atoms with Gasteiger partial charge in [-0.1, -0.05) is 24.3 Å². The van der Waals surface area contributed by atoms with Crippen LogP contribution in [0.2, 0.25) is 0 Å². The summed E-state index contributed by atoms with van der Waals surface area (Å²) in [6, 6.07) is 15.7. The van der Waals surface area contributed by atoms with Gasteiger partial charge in [0.1, 0.15) is 12.4 Å². The lowest BCUT2D eigenvalue weighted by Gasteiger charge is -2.31. The van der Waals surface area contributed by atoms with E-state index in [2.05, 4.69) is 17.3 Å². The normalized spacial score (nSPS) is 14.2. The first kappa shape index (κ1) is 23.9. The van der Waals surface area contributed by atoms with Gasteiger partial charge < -0.3 is 24.3 Å². The zero-order valence-electron chi connectivity index (χ0n) is 19.0. The Morgan fingerprint density at radius 1 is 1.06 bits per heavy atom. The van der Waals surface area contributed by atoms with Crippen LogP contribution in [0.15, 0.2) is 48.5 Å². The van der Waals surface area contributed by atoms with Crippen LogP contribution in [0.25, 0.3) is 0 Å². The quantitative estimate of drug-likeness (QED) is 0.544. The smallest absolute Gasteiger partial charge is 0.258 e. The van der Waals surface area contributed by atoms with Gasteiger partial charge in [-0.05, 0) is 56.6 Å². The van der Waals surface area contributed by atoms with Crippen molar-refractivity contribution in [1.82, 2.24) is 10.2 Å². The maximum absolute atomic E-state index is 12.2. The van der Waals surface area contributed by atoms with Crippen LogP contribution < -0.4 is 19.5 Å². The minimum absolute atomic E-state index is 0.0706. The van der Waals surface area contributed by atoms with E-state index in [4.69, 9.17) is 18.9 Å². The van der Waals surface area contributed by atoms with E-state index in [1.807, 2.05) is 49.4 Å². The molecule has 0 saturated carbocycles. The molecule has 2 aromatic carbocycles. The molecule has 1 N–H and O–H groups in total. The Kier molecular flexibility index (Phi) is 9.65. The monoisotopic (exact) mass is 442 g/mol. The molecule has 32 heavy (non-hydrogen) atoms. The van der Waals surface area contributed by atoms with E-state index in [-0.39, 0.29) is 12.5 Å². The third-order valence-corrected chi connectivity index (χ3v) is 5.42. The zero-order valence-corrected chi connectivity index (χ0v) is 19.0. The number of hydrogen-bond acceptors (Lipinski definition) is 6. The Balaban J connectivity index is 1.39. The number of amides is 1. The number of carbonyl (C=O) groups excluding carboxylic acids is 1. The molecule has 0 radical (unpaired) electrons. The van der Waals surface area contributed by atoms with Crippen molar-refractivity contribution in [2.75, 3.05) is 46.6 Å². The molecule has 174 valence electrons. The number of benzene rings is 2. The number of likely N-dealkylation sites (N-methyl/N-ethyl adjacent to an activating group) is 1. The summed E-state index contributed by atoms with van der Waals surface area (Å²) in [5.74, 6) is 1.81. The molecule has 1 saturated heterocycles. The predicted octanol–water partition coefficient (Wildman–Crippen LogP) is 3.27. The van der Waals surface area contributed by atoms with Crippen LogP contribution in [0.5, 0.6) is 17.2 Å². The molecule has 0 atom stereocenters. The molecule has 1 fully saturated rings. The lowest BCUT2D eigenvalue weighted by molar-refractivity contribution is -0.123. The second kappa shape index (κ2) is 12.9. The van der Waals surface area contributed by atoms with Gasteiger partial charge in [-0.25, -0.2) is 0 Å². The van der Waals surface area contributed by atoms with Crippen molar-refractivity contribution < 1.29 is 23.7 Å². The minimum atomic E-state index is -0.194. The second-order valence-electron chi connectivity index (χ2n) is 7.77. The van der Waals surface area contributed by atoms with Crippen LogP contribution >= 0.6 is 0 Å². The second-order valence-corrected chi connectivity index (χ2v) is 7.77. The van der Waals surface area contributed by atoms with E-state index in [9.17, 15) is 4.79 Å². The van der Waals surface area contributed by atoms with Crippen LogP contribution in [-0.2, 0) is 16.1 Å². The molecule has 0 unspecified atom stereocenters. The van der Waals surface area contributed by atoms with Crippen molar-refractivity contribution in [2.24, 2.45) is 0 Å². The van der Waals surface area contributed by atoms with Gasteiger partial charge in [-0.15, -0.1) is 0 Å². The topological polar surface area (TPSA) is 69.3 Å². The fourth-order valence-corrected chi connectivity index (χ4v) is 3.60. The standard InChI is InChI=1S/C25H34N2O5/c1-3-30-23-9-4-5-10-24(23)32-19-25(28)26-18-20-7-6-8-22(17-20)31-16-13-27(2)21-11-14-29-15-12-21/h4-10,17,21H,3,11-16,18-19H2,1-2H3,(H,26,28). The van der Waals surface area contributed by atoms with Gasteiger partial charge in [-0.3, -0.25) is 9.69 Å². The predicted molar refractivity (Wildman–Crippen MR) is 123 cm³/mol. The highest BCUT2D eigenvalue weighted by Gasteiger charge is 2.18. The number of nitrogens with one attached hydrogen (secondary N) is 1. The van der Waals surface area contributed by atoms with Gasteiger partial charge in [-0.2, -0.15) is 0 Å². The molecule has 0 spiro atoms. The van der Waals surface area contributed by atoms with E-state index in [1.54, 1.807) is 6.07 Å². The number of nitrogens with zero attached hydrogens (tertiary/aromatic N) is 1. The molecule has 7 heteroatoms. The molecule has 2 aromatic rings. The molecule has 1 aliphatic rings. The van der Waals surface area contributed by atoms with Crippen molar-refractivity contribution in [3.8, 4) is 17.2 Å². The molecule has 0 aromatic heterocycles. The Labute approximate surface area is 190 Å². The highest BCUT2D eigenvalue weighted by atomic mass is 16.5. The lowest BCUT2D eigenvalue weighted by Crippen LogP contribution is -2.38. The molecule has 0 aliphatic carbocycles. The Bertz CT molecular complexity index is 839. The zero-order chi connectivity index (χ0) is 22.6. The summed E-state index contributed by atoms with van der Waals surface area (Å²) in [6.45, 7) is 5.96. The Hall–Kier alpha value is -2.77. The van der Waals surface area contributed by atoms with Crippen molar-refractivity contribution in [1.29, 1.82) is 0 Å². The summed E-state index contributed by atoms with van der Waals surface area (Å²) in [4.78, 5) is 14.6. The van der Waals surface area contributed by atoms with E-state index in [1.165, 1.54) is 0 Å². The number of carbonyl (C=O) groups is 1. The molecular formula is C25H34N2O5. The van der Waals surface area contributed by atoms with E-state index < -0.39 is 0 Å². The molecule has 3 rings (SSSR count). The first-order valence-electron chi connectivity index (χ1n) is 11.3. The van der Waals surface area contributed by atoms with Crippen molar-refractivity contribution in [3.63, 3.8) is 0 Å². The Morgan fingerprint density at radius 2 is 1.81 bits per heavy atom. The summed E-state index contributed by atoms with van der Waals surface area (Å²) in [5.41, 5.74) is 0.975. The highest BCUT2D eigenvalue weighted by molar-refractivity contribution is 5.77. The minimum Gasteiger partial charge on any atom is -0.492 e. The Morgan fingerprint density at radius 3 is 2.56 bits per heavy atom. The van der Waals surface area contributed by atoms with Gasteiger partial charge in [0, 0.05) is 32.3 Å². The van der Waals surface area contributed by atoms with Gasteiger partial charge in [0.2, 0.25) is 0 Å². The molecule has 1 amide bonds. The fraction of sp³-hybridized carbons (Fsp3) is 0.480. The SMILES string of the molecule is CCOc1ccccc1OCC(=O)NCc1cccc(OCCN(C)C2CCOCC2)c1. The van der Waals surface area contributed by atoms with E-state index in [0.717, 1.165) is 43.9 Å². The van der Waals surface area contributed by atoms with Crippen LogP contribution in [0.3, 0.4) is 0 Å². The highest BCUT2D eigenvalue weighted by Crippen LogP contribution is 2.26. The summed E-state index contributed by atoms with van der Waals surface area (Å²) in [5, 5.41) is 2.88. The number of ether oxygens (including phenoxy) is 4. The average molecular weight is 443 g/mol.